The average Bonchev–Trinajstić information content (AvgIpc) is 2.97. The summed E-state index contributed by atoms with van der Waals surface area (Å²) in [5, 5.41) is 19.0. The Morgan fingerprint density at radius 2 is 1.49 bits per heavy atom. The zero-order chi connectivity index (χ0) is 26.5. The first-order chi connectivity index (χ1) is 18.0. The van der Waals surface area contributed by atoms with Gasteiger partial charge >= 0.3 is 0 Å². The van der Waals surface area contributed by atoms with Gasteiger partial charge in [-0.2, -0.15) is 0 Å². The summed E-state index contributed by atoms with van der Waals surface area (Å²) in [7, 11) is 0. The van der Waals surface area contributed by atoms with Crippen LogP contribution in [-0.4, -0.2) is 65.5 Å². The number of aliphatic hydroxyl groups excluding tert-OH is 2. The SMILES string of the molecule is CCC1(CC)CCC(CC)(CC)c2cc(-c3cccc(N4CCN(C(CO)CCCO)CC4)n3)ccc21. The molecular formula is C32H49N3O2. The maximum absolute atomic E-state index is 9.82. The van der Waals surface area contributed by atoms with Gasteiger partial charge in [0.1, 0.15) is 5.82 Å². The van der Waals surface area contributed by atoms with E-state index in [4.69, 9.17) is 4.98 Å². The van der Waals surface area contributed by atoms with Gasteiger partial charge in [-0.05, 0) is 91.5 Å². The van der Waals surface area contributed by atoms with Gasteiger partial charge in [-0.25, -0.2) is 4.98 Å². The van der Waals surface area contributed by atoms with Crippen LogP contribution >= 0.6 is 0 Å². The lowest BCUT2D eigenvalue weighted by atomic mass is 9.57. The number of rotatable bonds is 11. The number of aliphatic hydroxyl groups is 2. The summed E-state index contributed by atoms with van der Waals surface area (Å²) in [6.45, 7) is 13.4. The quantitative estimate of drug-likeness (QED) is 0.396. The largest absolute Gasteiger partial charge is 0.396 e. The molecule has 0 bridgehead atoms. The minimum atomic E-state index is 0.139. The number of hydrogen-bond donors (Lipinski definition) is 2. The number of hydrogen-bond acceptors (Lipinski definition) is 5. The summed E-state index contributed by atoms with van der Waals surface area (Å²) in [6, 6.07) is 13.8. The molecule has 0 spiro atoms. The summed E-state index contributed by atoms with van der Waals surface area (Å²) < 4.78 is 0. The van der Waals surface area contributed by atoms with E-state index < -0.39 is 0 Å². The summed E-state index contributed by atoms with van der Waals surface area (Å²) in [4.78, 5) is 9.90. The van der Waals surface area contributed by atoms with Crippen molar-refractivity contribution in [1.82, 2.24) is 9.88 Å². The van der Waals surface area contributed by atoms with Crippen LogP contribution in [0.4, 0.5) is 5.82 Å². The molecule has 1 aliphatic carbocycles. The second-order valence-corrected chi connectivity index (χ2v) is 11.3. The Hall–Kier alpha value is -1.95. The number of pyridine rings is 1. The lowest BCUT2D eigenvalue weighted by Gasteiger charge is -2.48. The van der Waals surface area contributed by atoms with Gasteiger partial charge in [0.2, 0.25) is 0 Å². The molecule has 2 N–H and O–H groups in total. The number of fused-ring (bicyclic) bond motifs is 1. The van der Waals surface area contributed by atoms with E-state index in [0.29, 0.717) is 5.41 Å². The molecule has 1 unspecified atom stereocenters. The van der Waals surface area contributed by atoms with Crippen molar-refractivity contribution in [3.05, 3.63) is 47.5 Å². The molecule has 1 atom stereocenters. The monoisotopic (exact) mass is 507 g/mol. The topological polar surface area (TPSA) is 59.8 Å². The molecule has 1 aromatic carbocycles. The summed E-state index contributed by atoms with van der Waals surface area (Å²) in [5.41, 5.74) is 6.03. The van der Waals surface area contributed by atoms with E-state index in [0.717, 1.165) is 50.5 Å². The first-order valence-corrected chi connectivity index (χ1v) is 14.8. The molecule has 4 rings (SSSR count). The Kier molecular flexibility index (Phi) is 9.31. The highest BCUT2D eigenvalue weighted by Crippen LogP contribution is 2.52. The average molecular weight is 508 g/mol. The molecule has 1 fully saturated rings. The Labute approximate surface area is 224 Å². The van der Waals surface area contributed by atoms with Crippen LogP contribution in [-0.2, 0) is 10.8 Å². The first-order valence-electron chi connectivity index (χ1n) is 14.8. The van der Waals surface area contributed by atoms with Crippen molar-refractivity contribution in [2.24, 2.45) is 0 Å². The fourth-order valence-electron chi connectivity index (χ4n) is 7.11. The third-order valence-corrected chi connectivity index (χ3v) is 10.0. The highest BCUT2D eigenvalue weighted by molar-refractivity contribution is 5.65. The molecular weight excluding hydrogens is 458 g/mol. The van der Waals surface area contributed by atoms with Crippen LogP contribution in [0.3, 0.4) is 0 Å². The molecule has 2 aliphatic rings. The number of piperazine rings is 1. The van der Waals surface area contributed by atoms with E-state index in [2.05, 4.69) is 73.9 Å². The Morgan fingerprint density at radius 1 is 0.838 bits per heavy atom. The molecule has 0 radical (unpaired) electrons. The van der Waals surface area contributed by atoms with Crippen LogP contribution in [0.2, 0.25) is 0 Å². The standard InChI is InChI=1S/C32H49N3O2/c1-5-31(6-2)16-17-32(7-3,8-4)28-23-25(14-15-27(28)31)29-12-9-13-30(33-29)35-20-18-34(19-21-35)26(24-37)11-10-22-36/h9,12-15,23,26,36-37H,5-8,10-11,16-22,24H2,1-4H3. The van der Waals surface area contributed by atoms with Crippen LogP contribution in [0.25, 0.3) is 11.3 Å². The van der Waals surface area contributed by atoms with E-state index in [1.165, 1.54) is 44.1 Å². The third kappa shape index (κ3) is 5.46. The van der Waals surface area contributed by atoms with Crippen LogP contribution in [0.1, 0.15) is 90.2 Å². The van der Waals surface area contributed by atoms with Gasteiger partial charge in [0.05, 0.1) is 12.3 Å². The van der Waals surface area contributed by atoms with E-state index in [1.807, 2.05) is 0 Å². The Balaban J connectivity index is 1.59. The predicted molar refractivity (Wildman–Crippen MR) is 154 cm³/mol. The van der Waals surface area contributed by atoms with Gasteiger partial charge in [-0.15, -0.1) is 0 Å². The molecule has 5 heteroatoms. The number of benzene rings is 1. The zero-order valence-electron chi connectivity index (χ0n) is 23.7. The van der Waals surface area contributed by atoms with Crippen LogP contribution < -0.4 is 4.90 Å². The molecule has 2 aromatic rings. The molecule has 0 amide bonds. The van der Waals surface area contributed by atoms with Crippen molar-refractivity contribution < 1.29 is 10.2 Å². The molecule has 2 heterocycles. The second-order valence-electron chi connectivity index (χ2n) is 11.3. The van der Waals surface area contributed by atoms with Crippen LogP contribution in [0, 0.1) is 0 Å². The molecule has 5 nitrogen and oxygen atoms in total. The van der Waals surface area contributed by atoms with Crippen LogP contribution in [0.5, 0.6) is 0 Å². The highest BCUT2D eigenvalue weighted by Gasteiger charge is 2.43. The zero-order valence-corrected chi connectivity index (χ0v) is 23.7. The van der Waals surface area contributed by atoms with Crippen molar-refractivity contribution in [3.63, 3.8) is 0 Å². The molecule has 37 heavy (non-hydrogen) atoms. The minimum absolute atomic E-state index is 0.139. The lowest BCUT2D eigenvalue weighted by molar-refractivity contribution is 0.104. The van der Waals surface area contributed by atoms with E-state index in [1.54, 1.807) is 11.1 Å². The van der Waals surface area contributed by atoms with Crippen molar-refractivity contribution >= 4 is 5.82 Å². The fourth-order valence-corrected chi connectivity index (χ4v) is 7.11. The first kappa shape index (κ1) is 28.1. The van der Waals surface area contributed by atoms with E-state index in [9.17, 15) is 10.2 Å². The number of anilines is 1. The molecule has 1 saturated heterocycles. The maximum atomic E-state index is 9.82. The van der Waals surface area contributed by atoms with Crippen LogP contribution in [0.15, 0.2) is 36.4 Å². The van der Waals surface area contributed by atoms with Gasteiger partial charge in [-0.1, -0.05) is 45.9 Å². The van der Waals surface area contributed by atoms with Crippen molar-refractivity contribution in [1.29, 1.82) is 0 Å². The summed E-state index contributed by atoms with van der Waals surface area (Å²) >= 11 is 0. The van der Waals surface area contributed by atoms with Crippen molar-refractivity contribution in [2.45, 2.75) is 95.9 Å². The van der Waals surface area contributed by atoms with Crippen molar-refractivity contribution in [3.8, 4) is 11.3 Å². The molecule has 204 valence electrons. The maximum Gasteiger partial charge on any atom is 0.129 e. The lowest BCUT2D eigenvalue weighted by Crippen LogP contribution is -2.51. The summed E-state index contributed by atoms with van der Waals surface area (Å²) in [6.07, 6.45) is 8.95. The minimum Gasteiger partial charge on any atom is -0.396 e. The second kappa shape index (κ2) is 12.3. The van der Waals surface area contributed by atoms with Gasteiger partial charge in [0, 0.05) is 44.4 Å². The van der Waals surface area contributed by atoms with Gasteiger partial charge in [0.15, 0.2) is 0 Å². The summed E-state index contributed by atoms with van der Waals surface area (Å²) in [5.74, 6) is 1.04. The number of nitrogens with zero attached hydrogens (tertiary/aromatic N) is 3. The van der Waals surface area contributed by atoms with Gasteiger partial charge < -0.3 is 15.1 Å². The van der Waals surface area contributed by atoms with E-state index >= 15 is 0 Å². The normalized spacial score (nSPS) is 20.0. The fraction of sp³-hybridized carbons (Fsp3) is 0.656. The third-order valence-electron chi connectivity index (χ3n) is 10.0. The predicted octanol–water partition coefficient (Wildman–Crippen LogP) is 5.91. The highest BCUT2D eigenvalue weighted by atomic mass is 16.3. The van der Waals surface area contributed by atoms with Gasteiger partial charge in [-0.3, -0.25) is 4.90 Å². The van der Waals surface area contributed by atoms with Crippen molar-refractivity contribution in [2.75, 3.05) is 44.3 Å². The molecule has 1 aromatic heterocycles. The Morgan fingerprint density at radius 3 is 2.08 bits per heavy atom. The Bertz CT molecular complexity index is 1010. The van der Waals surface area contributed by atoms with Gasteiger partial charge in [0.25, 0.3) is 0 Å². The number of aromatic nitrogens is 1. The molecule has 0 saturated carbocycles. The molecule has 1 aliphatic heterocycles. The smallest absolute Gasteiger partial charge is 0.129 e. The van der Waals surface area contributed by atoms with E-state index in [-0.39, 0.29) is 24.7 Å².